The minimum absolute atomic E-state index is 0.284. The van der Waals surface area contributed by atoms with Crippen molar-refractivity contribution in [1.82, 2.24) is 10.6 Å². The second-order valence-corrected chi connectivity index (χ2v) is 8.85. The number of rotatable bonds is 10. The van der Waals surface area contributed by atoms with Crippen LogP contribution in [0.2, 0.25) is 0 Å². The van der Waals surface area contributed by atoms with Gasteiger partial charge in [-0.05, 0) is 12.8 Å². The Labute approximate surface area is 209 Å². The molecule has 0 aromatic rings. The minimum Gasteiger partial charge on any atom is -0.394 e. The van der Waals surface area contributed by atoms with Crippen LogP contribution in [0.5, 0.6) is 0 Å². The molecule has 0 bridgehead atoms. The lowest BCUT2D eigenvalue weighted by atomic mass is 9.97. The lowest BCUT2D eigenvalue weighted by molar-refractivity contribution is -0.253. The van der Waals surface area contributed by atoms with Crippen molar-refractivity contribution in [2.75, 3.05) is 13.2 Å². The summed E-state index contributed by atoms with van der Waals surface area (Å²) >= 11 is 0. The van der Waals surface area contributed by atoms with Crippen LogP contribution in [0.15, 0.2) is 0 Å². The molecule has 2 rings (SSSR count). The Hall–Kier alpha value is -1.46. The fraction of sp³-hybridized carbons (Fsp3) is 0.909. The van der Waals surface area contributed by atoms with E-state index in [0.29, 0.717) is 12.8 Å². The van der Waals surface area contributed by atoms with Gasteiger partial charge in [-0.25, -0.2) is 0 Å². The minimum atomic E-state index is -1.45. The maximum Gasteiger partial charge on any atom is 0.220 e. The van der Waals surface area contributed by atoms with Crippen molar-refractivity contribution in [2.24, 2.45) is 0 Å². The van der Waals surface area contributed by atoms with E-state index in [4.69, 9.17) is 19.7 Å². The van der Waals surface area contributed by atoms with Gasteiger partial charge < -0.3 is 61.0 Å². The summed E-state index contributed by atoms with van der Waals surface area (Å²) in [4.78, 5) is 23.0. The Kier molecular flexibility index (Phi) is 14.8. The molecule has 0 saturated carbocycles. The first-order valence-electron chi connectivity index (χ1n) is 12.2. The zero-order valence-corrected chi connectivity index (χ0v) is 20.6. The van der Waals surface area contributed by atoms with Crippen molar-refractivity contribution in [2.45, 2.75) is 114 Å². The molecule has 2 aliphatic heterocycles. The van der Waals surface area contributed by atoms with Crippen LogP contribution in [0.25, 0.3) is 0 Å². The highest BCUT2D eigenvalue weighted by molar-refractivity contribution is 5.76. The summed E-state index contributed by atoms with van der Waals surface area (Å²) in [6.07, 6.45) is -6.80. The molecule has 10 atom stereocenters. The highest BCUT2D eigenvalue weighted by Gasteiger charge is 2.45. The highest BCUT2D eigenvalue weighted by atomic mass is 16.6. The average Bonchev–Trinajstić information content (AvgIpc) is 2.86. The molecule has 0 spiro atoms. The van der Waals surface area contributed by atoms with Gasteiger partial charge in [0.25, 0.3) is 0 Å². The number of ether oxygens (including phenoxy) is 2. The lowest BCUT2D eigenvalue weighted by Gasteiger charge is -2.40. The van der Waals surface area contributed by atoms with Gasteiger partial charge in [-0.3, -0.25) is 9.59 Å². The molecule has 0 aromatic heterocycles. The summed E-state index contributed by atoms with van der Waals surface area (Å²) in [5.41, 5.74) is 0. The smallest absolute Gasteiger partial charge is 0.220 e. The molecule has 2 saturated heterocycles. The summed E-state index contributed by atoms with van der Waals surface area (Å²) in [6.45, 7) is 2.84. The molecule has 10 N–H and O–H groups in total. The number of hydrogen-bond donors (Lipinski definition) is 10. The fourth-order valence-electron chi connectivity index (χ4n) is 3.70. The van der Waals surface area contributed by atoms with E-state index in [1.54, 1.807) is 0 Å². The van der Waals surface area contributed by atoms with Crippen LogP contribution in [0.3, 0.4) is 0 Å². The predicted molar refractivity (Wildman–Crippen MR) is 123 cm³/mol. The largest absolute Gasteiger partial charge is 0.394 e. The Morgan fingerprint density at radius 2 is 0.972 bits per heavy atom. The number of carbonyl (C=O) groups is 2. The molecular weight excluding hydrogens is 484 g/mol. The van der Waals surface area contributed by atoms with Gasteiger partial charge in [-0.15, -0.1) is 0 Å². The molecule has 14 nitrogen and oxygen atoms in total. The number of hydrogen-bond acceptors (Lipinski definition) is 12. The molecule has 2 aliphatic rings. The zero-order valence-electron chi connectivity index (χ0n) is 20.6. The Balaban J connectivity index is 0.000000360. The van der Waals surface area contributed by atoms with Gasteiger partial charge in [0.15, 0.2) is 12.6 Å². The van der Waals surface area contributed by atoms with E-state index < -0.39 is 74.5 Å². The molecule has 2 amide bonds. The molecule has 2 unspecified atom stereocenters. The van der Waals surface area contributed by atoms with Gasteiger partial charge in [0.05, 0.1) is 13.2 Å². The van der Waals surface area contributed by atoms with E-state index in [2.05, 4.69) is 10.6 Å². The monoisotopic (exact) mass is 526 g/mol. The quantitative estimate of drug-likeness (QED) is 0.132. The van der Waals surface area contributed by atoms with E-state index >= 15 is 0 Å². The molecule has 212 valence electrons. The maximum absolute atomic E-state index is 11.5. The Bertz CT molecular complexity index is 603. The first kappa shape index (κ1) is 32.6. The van der Waals surface area contributed by atoms with Gasteiger partial charge >= 0.3 is 0 Å². The van der Waals surface area contributed by atoms with Crippen molar-refractivity contribution in [1.29, 1.82) is 0 Å². The lowest BCUT2D eigenvalue weighted by Crippen LogP contribution is -2.64. The fourth-order valence-corrected chi connectivity index (χ4v) is 3.70. The summed E-state index contributed by atoms with van der Waals surface area (Å²) in [6, 6.07) is -2.18. The van der Waals surface area contributed by atoms with Crippen molar-refractivity contribution in [3.8, 4) is 0 Å². The molecule has 0 radical (unpaired) electrons. The van der Waals surface area contributed by atoms with Crippen LogP contribution in [0, 0.1) is 0 Å². The summed E-state index contributed by atoms with van der Waals surface area (Å²) in [7, 11) is 0. The van der Waals surface area contributed by atoms with Gasteiger partial charge in [-0.1, -0.05) is 26.7 Å². The second kappa shape index (κ2) is 16.4. The van der Waals surface area contributed by atoms with E-state index in [0.717, 1.165) is 12.8 Å². The van der Waals surface area contributed by atoms with Gasteiger partial charge in [-0.2, -0.15) is 0 Å². The molecule has 14 heteroatoms. The molecular formula is C22H42N2O12. The van der Waals surface area contributed by atoms with E-state index in [1.807, 2.05) is 13.8 Å². The number of aliphatic hydroxyl groups is 8. The van der Waals surface area contributed by atoms with Crippen LogP contribution < -0.4 is 10.6 Å². The van der Waals surface area contributed by atoms with Gasteiger partial charge in [0.1, 0.15) is 48.7 Å². The van der Waals surface area contributed by atoms with E-state index in [1.165, 1.54) is 0 Å². The number of aliphatic hydroxyl groups excluding tert-OH is 8. The van der Waals surface area contributed by atoms with Crippen LogP contribution in [0.4, 0.5) is 0 Å². The first-order chi connectivity index (χ1) is 17.0. The number of unbranched alkanes of at least 4 members (excludes halogenated alkanes) is 2. The maximum atomic E-state index is 11.5. The van der Waals surface area contributed by atoms with Crippen molar-refractivity contribution in [3.05, 3.63) is 0 Å². The zero-order chi connectivity index (χ0) is 27.4. The van der Waals surface area contributed by atoms with Crippen LogP contribution in [-0.4, -0.2) is 127 Å². The van der Waals surface area contributed by atoms with Crippen molar-refractivity contribution in [3.63, 3.8) is 0 Å². The molecule has 2 fully saturated rings. The van der Waals surface area contributed by atoms with Crippen LogP contribution in [-0.2, 0) is 19.1 Å². The van der Waals surface area contributed by atoms with Crippen LogP contribution in [0.1, 0.15) is 52.4 Å². The molecule has 2 heterocycles. The summed E-state index contributed by atoms with van der Waals surface area (Å²) in [5, 5.41) is 80.6. The molecule has 36 heavy (non-hydrogen) atoms. The number of amides is 2. The Morgan fingerprint density at radius 3 is 1.25 bits per heavy atom. The molecule has 0 aliphatic carbocycles. The first-order valence-corrected chi connectivity index (χ1v) is 12.2. The normalized spacial score (nSPS) is 36.4. The highest BCUT2D eigenvalue weighted by Crippen LogP contribution is 2.21. The van der Waals surface area contributed by atoms with Crippen molar-refractivity contribution < 1.29 is 59.9 Å². The van der Waals surface area contributed by atoms with Gasteiger partial charge in [0, 0.05) is 12.8 Å². The second-order valence-electron chi connectivity index (χ2n) is 8.85. The third kappa shape index (κ3) is 9.45. The topological polar surface area (TPSA) is 238 Å². The van der Waals surface area contributed by atoms with E-state index in [-0.39, 0.29) is 24.7 Å². The van der Waals surface area contributed by atoms with Crippen molar-refractivity contribution >= 4 is 11.8 Å². The third-order valence-electron chi connectivity index (χ3n) is 5.97. The standard InChI is InChI=1S/2C11H21NO6/c2*1-2-3-4-7(14)12-8-10(16)9(15)6(5-13)18-11(8)17/h2*6,8-11,13,15-17H,2-5H2,1H3,(H,12,14)/t2*6-,8-,9-,10-,11?/m11/s1. The SMILES string of the molecule is CCCCC(=O)N[C@H]1C(O)O[C@H](CO)[C@@H](O)[C@@H]1O.CCCCC(=O)N[C@H]1C(O)O[C@H](CO)[C@@H](O)[C@@H]1O. The predicted octanol–water partition coefficient (Wildman–Crippen LogP) is -3.81. The Morgan fingerprint density at radius 1 is 0.639 bits per heavy atom. The summed E-state index contributed by atoms with van der Waals surface area (Å²) in [5.74, 6) is -0.642. The van der Waals surface area contributed by atoms with E-state index in [9.17, 15) is 40.2 Å². The van der Waals surface area contributed by atoms with Gasteiger partial charge in [0.2, 0.25) is 11.8 Å². The summed E-state index contributed by atoms with van der Waals surface area (Å²) < 4.78 is 9.83. The molecule has 0 aromatic carbocycles. The van der Waals surface area contributed by atoms with Crippen LogP contribution >= 0.6 is 0 Å². The average molecular weight is 527 g/mol. The number of carbonyl (C=O) groups excluding carboxylic acids is 2. The third-order valence-corrected chi connectivity index (χ3v) is 5.97. The number of nitrogens with one attached hydrogen (secondary N) is 2.